The maximum atomic E-state index is 12.2. The fraction of sp³-hybridized carbons (Fsp3) is 0.429. The SMILES string of the molecule is O=C(CCC1CCCCC1)Nc1ncc(Cc2cccc3ccoc23)s1. The number of benzene rings is 1. The molecule has 0 spiro atoms. The minimum Gasteiger partial charge on any atom is -0.464 e. The van der Waals surface area contributed by atoms with Gasteiger partial charge in [0.05, 0.1) is 6.26 Å². The van der Waals surface area contributed by atoms with Gasteiger partial charge >= 0.3 is 0 Å². The lowest BCUT2D eigenvalue weighted by Crippen LogP contribution is -2.14. The van der Waals surface area contributed by atoms with Crippen LogP contribution >= 0.6 is 11.3 Å². The minimum atomic E-state index is 0.0876. The fourth-order valence-corrected chi connectivity index (χ4v) is 4.67. The normalized spacial score (nSPS) is 15.4. The Hall–Kier alpha value is -2.14. The average molecular weight is 369 g/mol. The van der Waals surface area contributed by atoms with Gasteiger partial charge in [0.1, 0.15) is 5.58 Å². The van der Waals surface area contributed by atoms with Gasteiger partial charge in [0.15, 0.2) is 5.13 Å². The third-order valence-corrected chi connectivity index (χ3v) is 6.14. The highest BCUT2D eigenvalue weighted by Crippen LogP contribution is 2.28. The van der Waals surface area contributed by atoms with Crippen LogP contribution in [0.5, 0.6) is 0 Å². The van der Waals surface area contributed by atoms with E-state index in [0.717, 1.165) is 40.2 Å². The summed E-state index contributed by atoms with van der Waals surface area (Å²) in [5, 5.41) is 4.77. The van der Waals surface area contributed by atoms with E-state index in [-0.39, 0.29) is 5.91 Å². The largest absolute Gasteiger partial charge is 0.464 e. The molecule has 0 unspecified atom stereocenters. The van der Waals surface area contributed by atoms with Crippen LogP contribution in [0.25, 0.3) is 11.0 Å². The van der Waals surface area contributed by atoms with Crippen molar-refractivity contribution < 1.29 is 9.21 Å². The molecule has 1 N–H and O–H groups in total. The molecule has 1 fully saturated rings. The molecule has 26 heavy (non-hydrogen) atoms. The van der Waals surface area contributed by atoms with E-state index in [9.17, 15) is 4.79 Å². The molecule has 136 valence electrons. The van der Waals surface area contributed by atoms with E-state index in [2.05, 4.69) is 16.4 Å². The molecule has 1 saturated carbocycles. The molecular formula is C21H24N2O2S. The Morgan fingerprint density at radius 3 is 3.00 bits per heavy atom. The molecular weight excluding hydrogens is 344 g/mol. The van der Waals surface area contributed by atoms with Gasteiger partial charge in [-0.2, -0.15) is 0 Å². The molecule has 2 heterocycles. The lowest BCUT2D eigenvalue weighted by Gasteiger charge is -2.20. The van der Waals surface area contributed by atoms with Crippen molar-refractivity contribution in [2.45, 2.75) is 51.4 Å². The molecule has 3 aromatic rings. The summed E-state index contributed by atoms with van der Waals surface area (Å²) in [7, 11) is 0. The number of furan rings is 1. The molecule has 4 rings (SSSR count). The molecule has 1 aliphatic rings. The van der Waals surface area contributed by atoms with E-state index in [1.807, 2.05) is 24.4 Å². The number of nitrogens with one attached hydrogen (secondary N) is 1. The smallest absolute Gasteiger partial charge is 0.226 e. The standard InChI is InChI=1S/C21H24N2O2S/c24-19(10-9-15-5-2-1-3-6-15)23-21-22-14-18(26-21)13-17-8-4-7-16-11-12-25-20(16)17/h4,7-8,11-12,14-15H,1-3,5-6,9-10,13H2,(H,22,23,24). The quantitative estimate of drug-likeness (QED) is 0.600. The molecule has 0 radical (unpaired) electrons. The number of aromatic nitrogens is 1. The van der Waals surface area contributed by atoms with E-state index in [4.69, 9.17) is 4.42 Å². The van der Waals surface area contributed by atoms with Gasteiger partial charge in [0.2, 0.25) is 5.91 Å². The first kappa shape index (κ1) is 17.3. The van der Waals surface area contributed by atoms with Gasteiger partial charge in [-0.05, 0) is 18.4 Å². The van der Waals surface area contributed by atoms with Gasteiger partial charge in [0.25, 0.3) is 0 Å². The summed E-state index contributed by atoms with van der Waals surface area (Å²) in [5.41, 5.74) is 2.07. The summed E-state index contributed by atoms with van der Waals surface area (Å²) >= 11 is 1.54. The number of hydrogen-bond donors (Lipinski definition) is 1. The summed E-state index contributed by atoms with van der Waals surface area (Å²) in [4.78, 5) is 17.7. The summed E-state index contributed by atoms with van der Waals surface area (Å²) in [6, 6.07) is 8.15. The first-order valence-corrected chi connectivity index (χ1v) is 10.3. The molecule has 4 nitrogen and oxygen atoms in total. The third-order valence-electron chi connectivity index (χ3n) is 5.23. The Morgan fingerprint density at radius 1 is 1.23 bits per heavy atom. The Kier molecular flexibility index (Phi) is 5.34. The van der Waals surface area contributed by atoms with Gasteiger partial charge in [-0.3, -0.25) is 4.79 Å². The van der Waals surface area contributed by atoms with Crippen LogP contribution in [0.15, 0.2) is 41.1 Å². The number of anilines is 1. The zero-order valence-corrected chi connectivity index (χ0v) is 15.7. The topological polar surface area (TPSA) is 55.1 Å². The minimum absolute atomic E-state index is 0.0876. The molecule has 0 aliphatic heterocycles. The Balaban J connectivity index is 1.32. The van der Waals surface area contributed by atoms with Crippen molar-refractivity contribution in [3.8, 4) is 0 Å². The second-order valence-corrected chi connectivity index (χ2v) is 8.27. The van der Waals surface area contributed by atoms with Crippen LogP contribution in [0, 0.1) is 5.92 Å². The van der Waals surface area contributed by atoms with Crippen LogP contribution in [0.4, 0.5) is 5.13 Å². The predicted octanol–water partition coefficient (Wildman–Crippen LogP) is 5.78. The van der Waals surface area contributed by atoms with Crippen molar-refractivity contribution in [2.75, 3.05) is 5.32 Å². The van der Waals surface area contributed by atoms with Crippen LogP contribution in [-0.2, 0) is 11.2 Å². The highest BCUT2D eigenvalue weighted by atomic mass is 32.1. The fourth-order valence-electron chi connectivity index (χ4n) is 3.82. The molecule has 1 aliphatic carbocycles. The maximum absolute atomic E-state index is 12.2. The van der Waals surface area contributed by atoms with Gasteiger partial charge in [-0.15, -0.1) is 11.3 Å². The van der Waals surface area contributed by atoms with Crippen molar-refractivity contribution >= 4 is 33.3 Å². The Labute approximate surface area is 157 Å². The van der Waals surface area contributed by atoms with E-state index < -0.39 is 0 Å². The van der Waals surface area contributed by atoms with Crippen LogP contribution in [0.1, 0.15) is 55.4 Å². The third kappa shape index (κ3) is 4.15. The zero-order valence-electron chi connectivity index (χ0n) is 14.9. The van der Waals surface area contributed by atoms with Crippen LogP contribution in [0.2, 0.25) is 0 Å². The number of fused-ring (bicyclic) bond motifs is 1. The number of carbonyl (C=O) groups excluding carboxylic acids is 1. The van der Waals surface area contributed by atoms with Crippen molar-refractivity contribution in [3.63, 3.8) is 0 Å². The number of nitrogens with zero attached hydrogens (tertiary/aromatic N) is 1. The molecule has 0 atom stereocenters. The van der Waals surface area contributed by atoms with Gasteiger partial charge in [-0.25, -0.2) is 4.98 Å². The zero-order chi connectivity index (χ0) is 17.8. The highest BCUT2D eigenvalue weighted by molar-refractivity contribution is 7.15. The molecule has 1 aromatic carbocycles. The Morgan fingerprint density at radius 2 is 2.12 bits per heavy atom. The van der Waals surface area contributed by atoms with E-state index in [1.165, 1.54) is 32.1 Å². The lowest BCUT2D eigenvalue weighted by molar-refractivity contribution is -0.116. The second kappa shape index (κ2) is 8.04. The number of amides is 1. The molecule has 0 saturated heterocycles. The number of carbonyl (C=O) groups is 1. The van der Waals surface area contributed by atoms with Gasteiger partial charge in [-0.1, -0.05) is 50.3 Å². The number of rotatable bonds is 6. The van der Waals surface area contributed by atoms with E-state index in [1.54, 1.807) is 17.6 Å². The number of hydrogen-bond acceptors (Lipinski definition) is 4. The summed E-state index contributed by atoms with van der Waals surface area (Å²) in [5.74, 6) is 0.819. The maximum Gasteiger partial charge on any atom is 0.226 e. The lowest BCUT2D eigenvalue weighted by atomic mass is 9.86. The second-order valence-electron chi connectivity index (χ2n) is 7.16. The summed E-state index contributed by atoms with van der Waals surface area (Å²) < 4.78 is 5.60. The van der Waals surface area contributed by atoms with Crippen molar-refractivity contribution in [2.24, 2.45) is 5.92 Å². The molecule has 1 amide bonds. The van der Waals surface area contributed by atoms with E-state index in [0.29, 0.717) is 11.6 Å². The van der Waals surface area contributed by atoms with Gasteiger partial charge in [0, 0.05) is 34.9 Å². The summed E-state index contributed by atoms with van der Waals surface area (Å²) in [6.07, 6.45) is 12.5. The van der Waals surface area contributed by atoms with Crippen LogP contribution in [-0.4, -0.2) is 10.9 Å². The monoisotopic (exact) mass is 368 g/mol. The van der Waals surface area contributed by atoms with E-state index >= 15 is 0 Å². The number of para-hydroxylation sites is 1. The summed E-state index contributed by atoms with van der Waals surface area (Å²) in [6.45, 7) is 0. The Bertz CT molecular complexity index is 877. The van der Waals surface area contributed by atoms with Crippen molar-refractivity contribution in [3.05, 3.63) is 47.2 Å². The van der Waals surface area contributed by atoms with Crippen molar-refractivity contribution in [1.82, 2.24) is 4.98 Å². The highest BCUT2D eigenvalue weighted by Gasteiger charge is 2.15. The number of thiazole rings is 1. The predicted molar refractivity (Wildman–Crippen MR) is 106 cm³/mol. The van der Waals surface area contributed by atoms with Crippen LogP contribution < -0.4 is 5.32 Å². The first-order valence-electron chi connectivity index (χ1n) is 9.47. The molecule has 0 bridgehead atoms. The molecule has 5 heteroatoms. The molecule has 2 aromatic heterocycles. The van der Waals surface area contributed by atoms with Crippen molar-refractivity contribution in [1.29, 1.82) is 0 Å². The first-order chi connectivity index (χ1) is 12.8. The average Bonchev–Trinajstić information content (AvgIpc) is 3.31. The van der Waals surface area contributed by atoms with Crippen LogP contribution in [0.3, 0.4) is 0 Å². The van der Waals surface area contributed by atoms with Gasteiger partial charge < -0.3 is 9.73 Å².